The maximum absolute atomic E-state index is 7.55. The number of imidazole rings is 1. The summed E-state index contributed by atoms with van der Waals surface area (Å²) in [5.74, 6) is 0.936. The van der Waals surface area contributed by atoms with Gasteiger partial charge in [0.2, 0.25) is 0 Å². The number of benzene rings is 8. The van der Waals surface area contributed by atoms with E-state index >= 15 is 0 Å². The standard InChI is InChI=1S/C47H27B8N2/c1-3-35-56-32-18-10-11-19-34(32)57(35)33-21-20-30(28-16-8-9-17-29(28)33)36-38-39(44(52)47(55)46(54)43(38)51)37(42(50)40(36)45(53)41(49)23(2)48)31-22-24-12-4-5-13-25(24)26-14-6-7-15-27(26)31/h4-22H,3H2,1-2H3/b41-23-,45-40+. The molecule has 0 aliphatic carbocycles. The van der Waals surface area contributed by atoms with E-state index in [2.05, 4.69) is 72.2 Å². The Morgan fingerprint density at radius 3 is 1.82 bits per heavy atom. The van der Waals surface area contributed by atoms with E-state index in [4.69, 9.17) is 67.4 Å². The fourth-order valence-corrected chi connectivity index (χ4v) is 8.58. The molecule has 8 aromatic carbocycles. The van der Waals surface area contributed by atoms with Crippen molar-refractivity contribution < 1.29 is 0 Å². The van der Waals surface area contributed by atoms with Crippen LogP contribution < -0.4 is 27.1 Å². The molecule has 0 amide bonds. The SMILES string of the molecule is [B]/C(C)=C([B])/C([B])=c1/c(-c2ccc(-n3c(CC)nc4ccccc43)c3ccccc23)c2c([B])c([B])c([B])c([B])c2c(-c2cc3ccccc3c3ccccc23)c1=[B]. The Bertz CT molecular complexity index is 3340. The molecule has 10 heteroatoms. The Morgan fingerprint density at radius 1 is 0.596 bits per heavy atom. The molecule has 0 fully saturated rings. The molecular weight excluding hydrogens is 679 g/mol. The predicted octanol–water partition coefficient (Wildman–Crippen LogP) is 4.97. The summed E-state index contributed by atoms with van der Waals surface area (Å²) in [6.07, 6.45) is 0.729. The third kappa shape index (κ3) is 5.58. The summed E-state index contributed by atoms with van der Waals surface area (Å²) in [5.41, 5.74) is 7.18. The molecule has 0 aliphatic heterocycles. The van der Waals surface area contributed by atoms with Crippen LogP contribution in [0.3, 0.4) is 0 Å². The Labute approximate surface area is 342 Å². The summed E-state index contributed by atoms with van der Waals surface area (Å²) < 4.78 is 2.22. The van der Waals surface area contributed by atoms with Crippen molar-refractivity contribution in [2.24, 2.45) is 0 Å². The van der Waals surface area contributed by atoms with Crippen LogP contribution in [0.15, 0.2) is 126 Å². The average molecular weight is 706 g/mol. The van der Waals surface area contributed by atoms with Gasteiger partial charge in [-0.25, -0.2) is 0 Å². The Morgan fingerprint density at radius 2 is 1.16 bits per heavy atom. The maximum atomic E-state index is 7.55. The number of hydrogen-bond donors (Lipinski definition) is 0. The first-order chi connectivity index (χ1) is 27.5. The van der Waals surface area contributed by atoms with Gasteiger partial charge in [0.1, 0.15) is 0 Å². The number of fused-ring (bicyclic) bond motifs is 6. The zero-order valence-corrected chi connectivity index (χ0v) is 31.7. The normalized spacial score (nSPS) is 12.9. The number of allylic oxidation sites excluding steroid dienone is 2. The number of hydrogen-bond acceptors (Lipinski definition) is 1. The van der Waals surface area contributed by atoms with E-state index in [9.17, 15) is 0 Å². The van der Waals surface area contributed by atoms with Crippen molar-refractivity contribution in [1.29, 1.82) is 0 Å². The van der Waals surface area contributed by atoms with Crippen LogP contribution >= 0.6 is 0 Å². The van der Waals surface area contributed by atoms with Crippen molar-refractivity contribution in [2.45, 2.75) is 20.3 Å². The van der Waals surface area contributed by atoms with Crippen molar-refractivity contribution >= 4 is 144 Å². The first kappa shape index (κ1) is 37.0. The first-order valence-corrected chi connectivity index (χ1v) is 18.8. The molecular formula is C47H27B8N2. The number of nitrogens with zero attached hydrogens (tertiary/aromatic N) is 2. The first-order valence-electron chi connectivity index (χ1n) is 18.8. The van der Waals surface area contributed by atoms with Crippen LogP contribution in [-0.2, 0) is 6.42 Å². The molecule has 2 nitrogen and oxygen atoms in total. The number of rotatable bonds is 5. The van der Waals surface area contributed by atoms with Gasteiger partial charge in [-0.1, -0.05) is 0 Å². The second-order valence-electron chi connectivity index (χ2n) is 14.5. The van der Waals surface area contributed by atoms with Crippen LogP contribution in [0.4, 0.5) is 0 Å². The van der Waals surface area contributed by atoms with E-state index in [0.717, 1.165) is 72.4 Å². The summed E-state index contributed by atoms with van der Waals surface area (Å²) in [4.78, 5) is 4.98. The van der Waals surface area contributed by atoms with E-state index < -0.39 is 0 Å². The van der Waals surface area contributed by atoms with Gasteiger partial charge in [0.25, 0.3) is 0 Å². The molecule has 0 atom stereocenters. The van der Waals surface area contributed by atoms with Gasteiger partial charge in [0.15, 0.2) is 0 Å². The molecule has 15 radical (unpaired) electrons. The van der Waals surface area contributed by atoms with E-state index in [0.29, 0.717) is 37.7 Å². The molecule has 0 bridgehead atoms. The van der Waals surface area contributed by atoms with Gasteiger partial charge >= 0.3 is 344 Å². The Balaban J connectivity index is 1.53. The molecule has 1 aromatic heterocycles. The quantitative estimate of drug-likeness (QED) is 0.183. The fourth-order valence-electron chi connectivity index (χ4n) is 8.58. The van der Waals surface area contributed by atoms with Crippen LogP contribution in [0.5, 0.6) is 0 Å². The summed E-state index contributed by atoms with van der Waals surface area (Å²) >= 11 is 0. The van der Waals surface area contributed by atoms with Gasteiger partial charge in [-0.05, 0) is 0 Å². The van der Waals surface area contributed by atoms with E-state index in [-0.39, 0.29) is 32.8 Å². The molecule has 249 valence electrons. The summed E-state index contributed by atoms with van der Waals surface area (Å²) in [5, 5.41) is 7.82. The van der Waals surface area contributed by atoms with E-state index in [1.165, 1.54) is 0 Å². The molecule has 0 aliphatic rings. The fraction of sp³-hybridized carbons (Fsp3) is 0.0638. The zero-order valence-electron chi connectivity index (χ0n) is 31.7. The third-order valence-electron chi connectivity index (χ3n) is 11.3. The zero-order chi connectivity index (χ0) is 39.9. The van der Waals surface area contributed by atoms with Crippen LogP contribution in [0.2, 0.25) is 0 Å². The molecule has 0 saturated heterocycles. The molecule has 9 rings (SSSR count). The topological polar surface area (TPSA) is 17.8 Å². The van der Waals surface area contributed by atoms with Crippen LogP contribution in [0.25, 0.3) is 87.5 Å². The third-order valence-corrected chi connectivity index (χ3v) is 11.3. The van der Waals surface area contributed by atoms with Crippen molar-refractivity contribution in [2.75, 3.05) is 0 Å². The minimum absolute atomic E-state index is 0.154. The summed E-state index contributed by atoms with van der Waals surface area (Å²) in [6, 6.07) is 39.0. The second-order valence-corrected chi connectivity index (χ2v) is 14.5. The molecule has 57 heavy (non-hydrogen) atoms. The number of aryl methyl sites for hydroxylation is 1. The van der Waals surface area contributed by atoms with Gasteiger partial charge < -0.3 is 0 Å². The summed E-state index contributed by atoms with van der Waals surface area (Å²) in [7, 11) is 55.5. The molecule has 0 N–H and O–H groups in total. The van der Waals surface area contributed by atoms with E-state index in [1.54, 1.807) is 6.92 Å². The second kappa shape index (κ2) is 14.1. The number of aromatic nitrogens is 2. The van der Waals surface area contributed by atoms with Crippen molar-refractivity contribution in [3.8, 4) is 27.9 Å². The van der Waals surface area contributed by atoms with Crippen molar-refractivity contribution in [3.05, 3.63) is 142 Å². The van der Waals surface area contributed by atoms with Crippen LogP contribution in [0, 0.1) is 5.11 Å². The van der Waals surface area contributed by atoms with Gasteiger partial charge in [-0.15, -0.1) is 0 Å². The molecule has 0 unspecified atom stereocenters. The Kier molecular flexibility index (Phi) is 9.15. The summed E-state index contributed by atoms with van der Waals surface area (Å²) in [6.45, 7) is 3.81. The van der Waals surface area contributed by atoms with Crippen molar-refractivity contribution in [1.82, 2.24) is 9.55 Å². The van der Waals surface area contributed by atoms with Gasteiger partial charge in [0.05, 0.1) is 0 Å². The minimum atomic E-state index is 0.154. The van der Waals surface area contributed by atoms with Gasteiger partial charge in [-0.3, -0.25) is 0 Å². The molecule has 1 heterocycles. The van der Waals surface area contributed by atoms with Crippen LogP contribution in [0.1, 0.15) is 19.7 Å². The monoisotopic (exact) mass is 707 g/mol. The Hall–Kier alpha value is -5.60. The average Bonchev–Trinajstić information content (AvgIpc) is 3.62. The molecule has 9 aromatic rings. The number of para-hydroxylation sites is 2. The molecule has 0 saturated carbocycles. The van der Waals surface area contributed by atoms with Gasteiger partial charge in [0, 0.05) is 0 Å². The van der Waals surface area contributed by atoms with Crippen LogP contribution in [-0.4, -0.2) is 72.0 Å². The van der Waals surface area contributed by atoms with Crippen molar-refractivity contribution in [3.63, 3.8) is 0 Å². The van der Waals surface area contributed by atoms with Gasteiger partial charge in [-0.2, -0.15) is 0 Å². The predicted molar refractivity (Wildman–Crippen MR) is 250 cm³/mol. The van der Waals surface area contributed by atoms with E-state index in [1.807, 2.05) is 54.6 Å². The molecule has 0 spiro atoms.